The Morgan fingerprint density at radius 1 is 1.40 bits per heavy atom. The van der Waals surface area contributed by atoms with Crippen molar-refractivity contribution in [3.05, 3.63) is 35.0 Å². The molecule has 2 aromatic rings. The Kier molecular flexibility index (Phi) is 3.81. The van der Waals surface area contributed by atoms with Crippen LogP contribution < -0.4 is 4.74 Å². The molecule has 1 aliphatic rings. The van der Waals surface area contributed by atoms with Gasteiger partial charge in [-0.1, -0.05) is 11.6 Å². The number of ether oxygens (including phenoxy) is 1. The van der Waals surface area contributed by atoms with E-state index in [0.717, 1.165) is 35.3 Å². The number of rotatable bonds is 3. The van der Waals surface area contributed by atoms with E-state index < -0.39 is 0 Å². The predicted molar refractivity (Wildman–Crippen MR) is 82.4 cm³/mol. The van der Waals surface area contributed by atoms with Crippen LogP contribution in [0.25, 0.3) is 10.9 Å². The smallest absolute Gasteiger partial charge is 0.134 e. The van der Waals surface area contributed by atoms with Gasteiger partial charge in [-0.3, -0.25) is 4.90 Å². The number of hydrogen-bond acceptors (Lipinski definition) is 3. The average molecular weight is 291 g/mol. The summed E-state index contributed by atoms with van der Waals surface area (Å²) in [6, 6.07) is 8.70. The third-order valence-corrected chi connectivity index (χ3v) is 4.44. The lowest BCUT2D eigenvalue weighted by molar-refractivity contribution is 0.260. The van der Waals surface area contributed by atoms with Crippen LogP contribution in [0.5, 0.6) is 5.75 Å². The minimum Gasteiger partial charge on any atom is -0.497 e. The molecule has 4 heteroatoms. The summed E-state index contributed by atoms with van der Waals surface area (Å²) in [4.78, 5) is 6.98. The molecule has 0 N–H and O–H groups in total. The Morgan fingerprint density at radius 2 is 2.25 bits per heavy atom. The van der Waals surface area contributed by atoms with Crippen molar-refractivity contribution in [3.63, 3.8) is 0 Å². The molecule has 0 spiro atoms. The quantitative estimate of drug-likeness (QED) is 0.802. The first kappa shape index (κ1) is 13.7. The van der Waals surface area contributed by atoms with Gasteiger partial charge in [0, 0.05) is 29.6 Å². The molecule has 3 rings (SSSR count). The molecule has 1 unspecified atom stereocenters. The lowest BCUT2D eigenvalue weighted by Crippen LogP contribution is -2.26. The van der Waals surface area contributed by atoms with Crippen molar-refractivity contribution in [1.29, 1.82) is 0 Å². The van der Waals surface area contributed by atoms with Crippen LogP contribution in [-0.2, 0) is 6.54 Å². The van der Waals surface area contributed by atoms with Crippen molar-refractivity contribution in [2.75, 3.05) is 13.7 Å². The molecule has 1 fully saturated rings. The summed E-state index contributed by atoms with van der Waals surface area (Å²) in [6.45, 7) is 4.31. The molecule has 0 aliphatic carbocycles. The first-order valence-electron chi connectivity index (χ1n) is 7.04. The van der Waals surface area contributed by atoms with E-state index in [0.29, 0.717) is 11.2 Å². The number of likely N-dealkylation sites (tertiary alicyclic amines) is 1. The average Bonchev–Trinajstić information content (AvgIpc) is 2.84. The van der Waals surface area contributed by atoms with Gasteiger partial charge in [0.05, 0.1) is 12.6 Å². The van der Waals surface area contributed by atoms with Crippen LogP contribution in [0.3, 0.4) is 0 Å². The fourth-order valence-corrected chi connectivity index (χ4v) is 3.06. The predicted octanol–water partition coefficient (Wildman–Crippen LogP) is 3.88. The molecule has 1 aromatic carbocycles. The molecule has 0 bridgehead atoms. The Hall–Kier alpha value is -1.32. The lowest BCUT2D eigenvalue weighted by Gasteiger charge is -2.21. The topological polar surface area (TPSA) is 25.4 Å². The van der Waals surface area contributed by atoms with Crippen LogP contribution in [0.4, 0.5) is 0 Å². The maximum absolute atomic E-state index is 6.35. The number of pyridine rings is 1. The molecule has 1 aliphatic heterocycles. The highest BCUT2D eigenvalue weighted by Crippen LogP contribution is 2.27. The molecule has 1 atom stereocenters. The first-order valence-corrected chi connectivity index (χ1v) is 7.42. The van der Waals surface area contributed by atoms with Gasteiger partial charge < -0.3 is 4.74 Å². The van der Waals surface area contributed by atoms with Crippen molar-refractivity contribution in [2.24, 2.45) is 0 Å². The van der Waals surface area contributed by atoms with Gasteiger partial charge in [0.1, 0.15) is 10.9 Å². The third kappa shape index (κ3) is 2.60. The zero-order valence-electron chi connectivity index (χ0n) is 11.9. The highest BCUT2D eigenvalue weighted by molar-refractivity contribution is 6.30. The SMILES string of the molecule is COc1ccc2cc(CN3CCCC3C)c(Cl)nc2c1. The van der Waals surface area contributed by atoms with E-state index in [4.69, 9.17) is 16.3 Å². The van der Waals surface area contributed by atoms with Crippen molar-refractivity contribution in [1.82, 2.24) is 9.88 Å². The molecule has 106 valence electrons. The Labute approximate surface area is 124 Å². The molecule has 3 nitrogen and oxygen atoms in total. The van der Waals surface area contributed by atoms with E-state index in [1.807, 2.05) is 18.2 Å². The second-order valence-electron chi connectivity index (χ2n) is 5.46. The number of methoxy groups -OCH3 is 1. The normalized spacial score (nSPS) is 19.6. The standard InChI is InChI=1S/C16H19ClN2O/c1-11-4-3-7-19(11)10-13-8-12-5-6-14(20-2)9-15(12)18-16(13)17/h5-6,8-9,11H,3-4,7,10H2,1-2H3. The van der Waals surface area contributed by atoms with E-state index >= 15 is 0 Å². The van der Waals surface area contributed by atoms with Crippen LogP contribution in [0.15, 0.2) is 24.3 Å². The van der Waals surface area contributed by atoms with Crippen LogP contribution in [0.2, 0.25) is 5.15 Å². The van der Waals surface area contributed by atoms with E-state index in [1.54, 1.807) is 7.11 Å². The monoisotopic (exact) mass is 290 g/mol. The summed E-state index contributed by atoms with van der Waals surface area (Å²) in [7, 11) is 1.66. The molecular weight excluding hydrogens is 272 g/mol. The van der Waals surface area contributed by atoms with E-state index in [-0.39, 0.29) is 0 Å². The van der Waals surface area contributed by atoms with Crippen LogP contribution in [0.1, 0.15) is 25.3 Å². The van der Waals surface area contributed by atoms with Gasteiger partial charge in [0.2, 0.25) is 0 Å². The maximum Gasteiger partial charge on any atom is 0.134 e. The largest absolute Gasteiger partial charge is 0.497 e. The zero-order valence-corrected chi connectivity index (χ0v) is 12.7. The molecule has 20 heavy (non-hydrogen) atoms. The Bertz CT molecular complexity index is 629. The number of aromatic nitrogens is 1. The Balaban J connectivity index is 1.93. The highest BCUT2D eigenvalue weighted by atomic mass is 35.5. The second kappa shape index (κ2) is 5.58. The van der Waals surface area contributed by atoms with E-state index in [9.17, 15) is 0 Å². The number of benzene rings is 1. The minimum absolute atomic E-state index is 0.602. The van der Waals surface area contributed by atoms with Crippen LogP contribution >= 0.6 is 11.6 Å². The van der Waals surface area contributed by atoms with Gasteiger partial charge in [-0.15, -0.1) is 0 Å². The second-order valence-corrected chi connectivity index (χ2v) is 5.82. The zero-order chi connectivity index (χ0) is 14.1. The molecule has 1 saturated heterocycles. The number of halogens is 1. The van der Waals surface area contributed by atoms with Crippen molar-refractivity contribution >= 4 is 22.5 Å². The summed E-state index contributed by atoms with van der Waals surface area (Å²) in [5.41, 5.74) is 1.99. The summed E-state index contributed by atoms with van der Waals surface area (Å²) in [6.07, 6.45) is 2.55. The van der Waals surface area contributed by atoms with Gasteiger partial charge in [0.15, 0.2) is 0 Å². The van der Waals surface area contributed by atoms with Gasteiger partial charge in [0.25, 0.3) is 0 Å². The van der Waals surface area contributed by atoms with Crippen molar-refractivity contribution in [2.45, 2.75) is 32.4 Å². The van der Waals surface area contributed by atoms with Crippen molar-refractivity contribution < 1.29 is 4.74 Å². The van der Waals surface area contributed by atoms with E-state index in [2.05, 4.69) is 22.9 Å². The van der Waals surface area contributed by atoms with Crippen LogP contribution in [-0.4, -0.2) is 29.6 Å². The Morgan fingerprint density at radius 3 is 2.95 bits per heavy atom. The maximum atomic E-state index is 6.35. The summed E-state index contributed by atoms with van der Waals surface area (Å²) in [5.74, 6) is 0.807. The minimum atomic E-state index is 0.602. The van der Waals surface area contributed by atoms with Gasteiger partial charge in [-0.05, 0) is 44.5 Å². The molecule has 0 saturated carbocycles. The fourth-order valence-electron chi connectivity index (χ4n) is 2.85. The number of fused-ring (bicyclic) bond motifs is 1. The third-order valence-electron chi connectivity index (χ3n) is 4.11. The van der Waals surface area contributed by atoms with Gasteiger partial charge in [-0.25, -0.2) is 4.98 Å². The first-order chi connectivity index (χ1) is 9.67. The molecular formula is C16H19ClN2O. The number of nitrogens with zero attached hydrogens (tertiary/aromatic N) is 2. The lowest BCUT2D eigenvalue weighted by atomic mass is 10.1. The molecule has 0 radical (unpaired) electrons. The van der Waals surface area contributed by atoms with Crippen molar-refractivity contribution in [3.8, 4) is 5.75 Å². The summed E-state index contributed by atoms with van der Waals surface area (Å²) < 4.78 is 5.22. The van der Waals surface area contributed by atoms with Crippen LogP contribution in [0, 0.1) is 0 Å². The molecule has 0 amide bonds. The number of hydrogen-bond donors (Lipinski definition) is 0. The summed E-state index contributed by atoms with van der Waals surface area (Å²) >= 11 is 6.35. The van der Waals surface area contributed by atoms with E-state index in [1.165, 1.54) is 12.8 Å². The van der Waals surface area contributed by atoms with Gasteiger partial charge >= 0.3 is 0 Å². The molecule has 2 heterocycles. The summed E-state index contributed by atoms with van der Waals surface area (Å²) in [5, 5.41) is 1.71. The highest BCUT2D eigenvalue weighted by Gasteiger charge is 2.21. The molecule has 1 aromatic heterocycles. The fraction of sp³-hybridized carbons (Fsp3) is 0.438. The van der Waals surface area contributed by atoms with Gasteiger partial charge in [-0.2, -0.15) is 0 Å².